The van der Waals surface area contributed by atoms with Gasteiger partial charge in [-0.25, -0.2) is 4.98 Å². The van der Waals surface area contributed by atoms with Gasteiger partial charge in [0.25, 0.3) is 17.4 Å². The molecule has 1 fully saturated rings. The van der Waals surface area contributed by atoms with Crippen molar-refractivity contribution in [1.82, 2.24) is 24.8 Å². The quantitative estimate of drug-likeness (QED) is 0.570. The third kappa shape index (κ3) is 2.73. The molecule has 30 heavy (non-hydrogen) atoms. The number of aromatic amines is 2. The first kappa shape index (κ1) is 18.6. The van der Waals surface area contributed by atoms with Crippen LogP contribution < -0.4 is 10.9 Å². The molecule has 2 aliphatic heterocycles. The third-order valence-corrected chi connectivity index (χ3v) is 6.04. The molecule has 3 aromatic rings. The summed E-state index contributed by atoms with van der Waals surface area (Å²) in [5, 5.41) is 2.99. The number of piperidine rings is 1. The van der Waals surface area contributed by atoms with Gasteiger partial charge in [-0.3, -0.25) is 19.3 Å². The molecule has 0 radical (unpaired) electrons. The Morgan fingerprint density at radius 1 is 1.10 bits per heavy atom. The number of nitrogens with zero attached hydrogens (tertiary/aromatic N) is 3. The van der Waals surface area contributed by atoms with Crippen molar-refractivity contribution in [2.24, 2.45) is 0 Å². The minimum Gasteiger partial charge on any atom is -0.387 e. The number of carbonyl (C=O) groups is 2. The lowest BCUT2D eigenvalue weighted by atomic mass is 10.0. The van der Waals surface area contributed by atoms with Crippen LogP contribution in [0.25, 0.3) is 22.4 Å². The van der Waals surface area contributed by atoms with Gasteiger partial charge in [0.1, 0.15) is 11.4 Å². The van der Waals surface area contributed by atoms with Crippen molar-refractivity contribution < 1.29 is 9.59 Å². The Labute approximate surface area is 172 Å². The van der Waals surface area contributed by atoms with Crippen LogP contribution >= 0.6 is 0 Å². The fourth-order valence-corrected chi connectivity index (χ4v) is 4.39. The highest BCUT2D eigenvalue weighted by molar-refractivity contribution is 6.23. The number of fused-ring (bicyclic) bond motifs is 2. The highest BCUT2D eigenvalue weighted by atomic mass is 16.2. The van der Waals surface area contributed by atoms with E-state index in [0.717, 1.165) is 25.9 Å². The van der Waals surface area contributed by atoms with Crippen LogP contribution in [0.15, 0.2) is 29.2 Å². The van der Waals surface area contributed by atoms with E-state index in [1.54, 1.807) is 31.4 Å². The van der Waals surface area contributed by atoms with Crippen molar-refractivity contribution in [2.45, 2.75) is 18.9 Å². The zero-order valence-corrected chi connectivity index (χ0v) is 16.8. The number of amides is 2. The van der Waals surface area contributed by atoms with Crippen LogP contribution in [-0.4, -0.2) is 69.8 Å². The van der Waals surface area contributed by atoms with Crippen LogP contribution in [0.5, 0.6) is 0 Å². The van der Waals surface area contributed by atoms with E-state index in [-0.39, 0.29) is 23.4 Å². The molecule has 9 heteroatoms. The number of aromatic nitrogens is 3. The molecule has 2 aromatic heterocycles. The molecule has 5 rings (SSSR count). The average molecular weight is 406 g/mol. The molecule has 3 N–H and O–H groups in total. The van der Waals surface area contributed by atoms with Gasteiger partial charge in [-0.15, -0.1) is 0 Å². The van der Waals surface area contributed by atoms with Crippen LogP contribution in [0.2, 0.25) is 0 Å². The maximum absolute atomic E-state index is 13.1. The first-order chi connectivity index (χ1) is 14.5. The standard InChI is InChI=1S/C21H22N6O3/c1-22-14-3-6-23-19(28)17(14)18-24-15-9-12-13(10-16(15)25-18)21(30)27(20(12)29)11-4-7-26(2)8-5-11/h3,6,9-11H,4-5,7-8H2,1-2H3,(H,24,25)(H2,22,23,28). The van der Waals surface area contributed by atoms with E-state index < -0.39 is 0 Å². The molecule has 0 atom stereocenters. The summed E-state index contributed by atoms with van der Waals surface area (Å²) in [7, 11) is 3.77. The van der Waals surface area contributed by atoms with Crippen LogP contribution in [0.4, 0.5) is 5.69 Å². The molecule has 1 saturated heterocycles. The zero-order valence-electron chi connectivity index (χ0n) is 16.8. The van der Waals surface area contributed by atoms with Crippen molar-refractivity contribution in [3.63, 3.8) is 0 Å². The number of likely N-dealkylation sites (tertiary alicyclic amines) is 1. The maximum Gasteiger partial charge on any atom is 0.261 e. The normalized spacial score (nSPS) is 17.7. The van der Waals surface area contributed by atoms with Gasteiger partial charge >= 0.3 is 0 Å². The number of benzene rings is 1. The third-order valence-electron chi connectivity index (χ3n) is 6.04. The van der Waals surface area contributed by atoms with E-state index in [2.05, 4.69) is 25.2 Å². The number of rotatable bonds is 3. The van der Waals surface area contributed by atoms with Gasteiger partial charge in [0.15, 0.2) is 0 Å². The topological polar surface area (TPSA) is 114 Å². The van der Waals surface area contributed by atoms with E-state index in [4.69, 9.17) is 0 Å². The summed E-state index contributed by atoms with van der Waals surface area (Å²) < 4.78 is 0. The molecular weight excluding hydrogens is 384 g/mol. The number of imide groups is 1. The van der Waals surface area contributed by atoms with E-state index in [1.165, 1.54) is 4.90 Å². The lowest BCUT2D eigenvalue weighted by Gasteiger charge is -2.33. The van der Waals surface area contributed by atoms with E-state index >= 15 is 0 Å². The van der Waals surface area contributed by atoms with Crippen molar-refractivity contribution in [3.8, 4) is 11.4 Å². The number of nitrogens with one attached hydrogen (secondary N) is 3. The summed E-state index contributed by atoms with van der Waals surface area (Å²) in [6, 6.07) is 5.00. The van der Waals surface area contributed by atoms with E-state index in [1.807, 2.05) is 7.05 Å². The molecule has 154 valence electrons. The van der Waals surface area contributed by atoms with Crippen LogP contribution in [0, 0.1) is 0 Å². The van der Waals surface area contributed by atoms with Crippen LogP contribution in [-0.2, 0) is 0 Å². The highest BCUT2D eigenvalue weighted by Gasteiger charge is 2.41. The minimum atomic E-state index is -0.283. The number of hydrogen-bond donors (Lipinski definition) is 3. The molecular formula is C21H22N6O3. The highest BCUT2D eigenvalue weighted by Crippen LogP contribution is 2.32. The fourth-order valence-electron chi connectivity index (χ4n) is 4.39. The predicted octanol–water partition coefficient (Wildman–Crippen LogP) is 1.65. The second kappa shape index (κ2) is 6.81. The summed E-state index contributed by atoms with van der Waals surface area (Å²) in [5.74, 6) is -0.132. The summed E-state index contributed by atoms with van der Waals surface area (Å²) >= 11 is 0. The Morgan fingerprint density at radius 2 is 1.80 bits per heavy atom. The van der Waals surface area contributed by atoms with Crippen molar-refractivity contribution in [3.05, 3.63) is 45.9 Å². The van der Waals surface area contributed by atoms with Gasteiger partial charge in [-0.05, 0) is 51.2 Å². The van der Waals surface area contributed by atoms with Gasteiger partial charge in [0, 0.05) is 19.3 Å². The monoisotopic (exact) mass is 406 g/mol. The van der Waals surface area contributed by atoms with Crippen molar-refractivity contribution in [1.29, 1.82) is 0 Å². The Balaban J connectivity index is 1.55. The lowest BCUT2D eigenvalue weighted by molar-refractivity contribution is 0.0516. The molecule has 9 nitrogen and oxygen atoms in total. The lowest BCUT2D eigenvalue weighted by Crippen LogP contribution is -2.46. The second-order valence-electron chi connectivity index (χ2n) is 7.86. The van der Waals surface area contributed by atoms with Crippen LogP contribution in [0.1, 0.15) is 33.6 Å². The SMILES string of the molecule is CNc1cc[nH]c(=O)c1-c1nc2cc3c(cc2[nH]1)C(=O)N(C1CCN(C)CC1)C3=O. The fraction of sp³-hybridized carbons (Fsp3) is 0.333. The molecule has 0 aliphatic carbocycles. The number of hydrogen-bond acceptors (Lipinski definition) is 6. The number of pyridine rings is 1. The van der Waals surface area contributed by atoms with Gasteiger partial charge < -0.3 is 20.2 Å². The van der Waals surface area contributed by atoms with E-state index in [9.17, 15) is 14.4 Å². The molecule has 1 aromatic carbocycles. The molecule has 2 amide bonds. The zero-order chi connectivity index (χ0) is 21.0. The predicted molar refractivity (Wildman–Crippen MR) is 113 cm³/mol. The van der Waals surface area contributed by atoms with Crippen LogP contribution in [0.3, 0.4) is 0 Å². The van der Waals surface area contributed by atoms with Gasteiger partial charge in [-0.2, -0.15) is 0 Å². The first-order valence-corrected chi connectivity index (χ1v) is 9.98. The van der Waals surface area contributed by atoms with E-state index in [0.29, 0.717) is 39.2 Å². The molecule has 4 heterocycles. The second-order valence-corrected chi connectivity index (χ2v) is 7.86. The first-order valence-electron chi connectivity index (χ1n) is 9.98. The Hall–Kier alpha value is -3.46. The number of carbonyl (C=O) groups excluding carboxylic acids is 2. The molecule has 0 bridgehead atoms. The molecule has 0 unspecified atom stereocenters. The summed E-state index contributed by atoms with van der Waals surface area (Å²) in [4.78, 5) is 52.4. The summed E-state index contributed by atoms with van der Waals surface area (Å²) in [5.41, 5.74) is 2.64. The molecule has 2 aliphatic rings. The van der Waals surface area contributed by atoms with Gasteiger partial charge in [0.2, 0.25) is 0 Å². The number of H-pyrrole nitrogens is 2. The van der Waals surface area contributed by atoms with Gasteiger partial charge in [0.05, 0.1) is 27.8 Å². The maximum atomic E-state index is 13.1. The average Bonchev–Trinajstić information content (AvgIpc) is 3.25. The smallest absolute Gasteiger partial charge is 0.261 e. The number of imidazole rings is 1. The Bertz CT molecular complexity index is 1180. The number of anilines is 1. The van der Waals surface area contributed by atoms with Crippen molar-refractivity contribution in [2.75, 3.05) is 32.5 Å². The minimum absolute atomic E-state index is 0.0727. The Kier molecular flexibility index (Phi) is 4.21. The Morgan fingerprint density at radius 3 is 2.50 bits per heavy atom. The molecule has 0 saturated carbocycles. The van der Waals surface area contributed by atoms with Gasteiger partial charge in [-0.1, -0.05) is 0 Å². The summed E-state index contributed by atoms with van der Waals surface area (Å²) in [6.45, 7) is 1.73. The van der Waals surface area contributed by atoms with Crippen molar-refractivity contribution >= 4 is 28.5 Å². The molecule has 0 spiro atoms. The summed E-state index contributed by atoms with van der Waals surface area (Å²) in [6.07, 6.45) is 3.13. The largest absolute Gasteiger partial charge is 0.387 e.